The number of aryl methyl sites for hydroxylation is 1. The lowest BCUT2D eigenvalue weighted by molar-refractivity contribution is -0.0989. The second kappa shape index (κ2) is 7.52. The van der Waals surface area contributed by atoms with E-state index in [9.17, 15) is 9.59 Å². The van der Waals surface area contributed by atoms with Crippen LogP contribution >= 0.6 is 22.6 Å². The molecule has 0 radical (unpaired) electrons. The van der Waals surface area contributed by atoms with Crippen molar-refractivity contribution < 1.29 is 9.63 Å². The summed E-state index contributed by atoms with van der Waals surface area (Å²) in [6, 6.07) is 7.74. The van der Waals surface area contributed by atoms with Gasteiger partial charge in [-0.25, -0.2) is 9.75 Å². The Kier molecular flexibility index (Phi) is 5.19. The van der Waals surface area contributed by atoms with Gasteiger partial charge in [0.1, 0.15) is 0 Å². The molecule has 2 heterocycles. The van der Waals surface area contributed by atoms with Gasteiger partial charge in [0.05, 0.1) is 18.8 Å². The van der Waals surface area contributed by atoms with Crippen molar-refractivity contribution in [2.24, 2.45) is 13.0 Å². The topological polar surface area (TPSA) is 82.2 Å². The molecule has 0 aliphatic heterocycles. The summed E-state index contributed by atoms with van der Waals surface area (Å²) in [7, 11) is 4.77. The van der Waals surface area contributed by atoms with Crippen molar-refractivity contribution in [3.63, 3.8) is 0 Å². The van der Waals surface area contributed by atoms with E-state index in [1.807, 2.05) is 28.9 Å². The first-order valence-electron chi connectivity index (χ1n) is 9.33. The minimum Gasteiger partial charge on any atom is -0.318 e. The van der Waals surface area contributed by atoms with Gasteiger partial charge in [-0.15, -0.1) is 5.10 Å². The Morgan fingerprint density at radius 2 is 2.00 bits per heavy atom. The van der Waals surface area contributed by atoms with Crippen molar-refractivity contribution in [3.8, 4) is 0 Å². The fourth-order valence-electron chi connectivity index (χ4n) is 3.89. The van der Waals surface area contributed by atoms with Gasteiger partial charge < -0.3 is 4.57 Å². The molecule has 1 amide bonds. The number of rotatable bonds is 3. The zero-order valence-electron chi connectivity index (χ0n) is 16.5. The molecule has 3 saturated carbocycles. The number of pyridine rings is 1. The van der Waals surface area contributed by atoms with Crippen LogP contribution in [-0.4, -0.2) is 44.7 Å². The zero-order chi connectivity index (χ0) is 20.8. The first-order valence-corrected chi connectivity index (χ1v) is 10.4. The average molecular weight is 507 g/mol. The van der Waals surface area contributed by atoms with Crippen LogP contribution in [0, 0.1) is 9.49 Å². The van der Waals surface area contributed by atoms with Crippen molar-refractivity contribution in [1.82, 2.24) is 24.6 Å². The lowest BCUT2D eigenvalue weighted by atomic mass is 9.50. The number of hydroxylamine groups is 2. The molecule has 8 nitrogen and oxygen atoms in total. The lowest BCUT2D eigenvalue weighted by Crippen LogP contribution is -2.59. The molecule has 3 aliphatic carbocycles. The molecule has 29 heavy (non-hydrogen) atoms. The van der Waals surface area contributed by atoms with Crippen LogP contribution in [0.3, 0.4) is 0 Å². The van der Waals surface area contributed by atoms with Gasteiger partial charge in [-0.05, 0) is 66.0 Å². The van der Waals surface area contributed by atoms with Gasteiger partial charge in [0, 0.05) is 34.6 Å². The maximum atomic E-state index is 11.7. The molecule has 0 spiro atoms. The molecule has 3 aromatic rings. The third-order valence-electron chi connectivity index (χ3n) is 5.83. The summed E-state index contributed by atoms with van der Waals surface area (Å²) in [5.74, 6) is 0.616. The Hall–Kier alpha value is -2.27. The zero-order valence-corrected chi connectivity index (χ0v) is 18.7. The standard InChI is InChI=1S/C10H8INO.C10H14N4O2/c1-12-6-5-7-8(10(12)13)3-2-4-9(7)11;1-13(16-2)9(15)8-6-14(12-11-8)10-3-7(4-10)5-10/h2-6H,1H3;6-7H,3-5H2,1-2H3. The first kappa shape index (κ1) is 20.0. The SMILES string of the molecule is CON(C)C(=O)c1cn(C23CC(C2)C3)nn1.Cn1ccc2c(I)cccc2c1=O. The molecule has 3 fully saturated rings. The van der Waals surface area contributed by atoms with E-state index in [0.717, 1.165) is 25.3 Å². The van der Waals surface area contributed by atoms with Crippen molar-refractivity contribution >= 4 is 39.3 Å². The van der Waals surface area contributed by atoms with Crippen LogP contribution < -0.4 is 5.56 Å². The molecule has 1 aromatic carbocycles. The second-order valence-electron chi connectivity index (χ2n) is 7.67. The molecular formula is C20H22IN5O3. The van der Waals surface area contributed by atoms with E-state index in [2.05, 4.69) is 32.9 Å². The number of halogens is 1. The Balaban J connectivity index is 0.000000145. The number of amides is 1. The Bertz CT molecular complexity index is 1120. The van der Waals surface area contributed by atoms with Gasteiger partial charge in [-0.2, -0.15) is 0 Å². The van der Waals surface area contributed by atoms with Gasteiger partial charge >= 0.3 is 0 Å². The highest BCUT2D eigenvalue weighted by molar-refractivity contribution is 14.1. The van der Waals surface area contributed by atoms with E-state index in [-0.39, 0.29) is 17.0 Å². The molecule has 0 N–H and O–H groups in total. The quantitative estimate of drug-likeness (QED) is 0.402. The van der Waals surface area contributed by atoms with Gasteiger partial charge in [0.25, 0.3) is 11.5 Å². The number of aromatic nitrogens is 4. The summed E-state index contributed by atoms with van der Waals surface area (Å²) in [5.41, 5.74) is 0.590. The molecule has 0 atom stereocenters. The number of hydrogen-bond acceptors (Lipinski definition) is 5. The molecule has 0 saturated heterocycles. The maximum Gasteiger partial charge on any atom is 0.299 e. The predicted molar refractivity (Wildman–Crippen MR) is 116 cm³/mol. The molecule has 3 aliphatic rings. The van der Waals surface area contributed by atoms with Crippen LogP contribution in [0.4, 0.5) is 0 Å². The number of carbonyl (C=O) groups excluding carboxylic acids is 1. The van der Waals surface area contributed by atoms with Gasteiger partial charge in [0.15, 0.2) is 5.69 Å². The van der Waals surface area contributed by atoms with E-state index in [1.165, 1.54) is 26.4 Å². The number of carbonyl (C=O) groups is 1. The number of nitrogens with zero attached hydrogens (tertiary/aromatic N) is 5. The monoisotopic (exact) mass is 507 g/mol. The van der Waals surface area contributed by atoms with Crippen molar-refractivity contribution in [3.05, 3.63) is 56.3 Å². The van der Waals surface area contributed by atoms with Crippen molar-refractivity contribution in [1.29, 1.82) is 0 Å². The summed E-state index contributed by atoms with van der Waals surface area (Å²) in [5, 5.41) is 10.9. The molecule has 152 valence electrons. The van der Waals surface area contributed by atoms with E-state index >= 15 is 0 Å². The largest absolute Gasteiger partial charge is 0.318 e. The summed E-state index contributed by atoms with van der Waals surface area (Å²) in [4.78, 5) is 28.2. The van der Waals surface area contributed by atoms with Gasteiger partial charge in [0.2, 0.25) is 0 Å². The third kappa shape index (κ3) is 3.46. The number of fused-ring (bicyclic) bond motifs is 1. The van der Waals surface area contributed by atoms with Gasteiger partial charge in [-0.1, -0.05) is 11.3 Å². The van der Waals surface area contributed by atoms with Crippen LogP contribution in [0.2, 0.25) is 0 Å². The molecule has 2 aromatic heterocycles. The highest BCUT2D eigenvalue weighted by Crippen LogP contribution is 2.61. The highest BCUT2D eigenvalue weighted by atomic mass is 127. The predicted octanol–water partition coefficient (Wildman–Crippen LogP) is 2.56. The summed E-state index contributed by atoms with van der Waals surface area (Å²) < 4.78 is 4.56. The summed E-state index contributed by atoms with van der Waals surface area (Å²) >= 11 is 2.24. The van der Waals surface area contributed by atoms with Crippen LogP contribution in [0.15, 0.2) is 41.5 Å². The Labute approximate surface area is 181 Å². The number of benzene rings is 1. The number of hydrogen-bond donors (Lipinski definition) is 0. The third-order valence-corrected chi connectivity index (χ3v) is 6.77. The minimum atomic E-state index is -0.264. The second-order valence-corrected chi connectivity index (χ2v) is 8.83. The van der Waals surface area contributed by atoms with Gasteiger partial charge in [-0.3, -0.25) is 14.4 Å². The molecule has 6 rings (SSSR count). The Morgan fingerprint density at radius 1 is 1.28 bits per heavy atom. The Morgan fingerprint density at radius 3 is 2.62 bits per heavy atom. The molecule has 2 bridgehead atoms. The van der Waals surface area contributed by atoms with Crippen molar-refractivity contribution in [2.45, 2.75) is 24.8 Å². The van der Waals surface area contributed by atoms with E-state index in [4.69, 9.17) is 4.84 Å². The summed E-state index contributed by atoms with van der Waals surface area (Å²) in [6.45, 7) is 0. The van der Waals surface area contributed by atoms with E-state index in [1.54, 1.807) is 31.1 Å². The van der Waals surface area contributed by atoms with Crippen LogP contribution in [0.25, 0.3) is 10.8 Å². The maximum absolute atomic E-state index is 11.7. The van der Waals surface area contributed by atoms with Crippen LogP contribution in [-0.2, 0) is 17.4 Å². The normalized spacial score (nSPS) is 21.6. The fraction of sp³-hybridized carbons (Fsp3) is 0.400. The van der Waals surface area contributed by atoms with Crippen LogP contribution in [0.5, 0.6) is 0 Å². The minimum absolute atomic E-state index is 0.0658. The fourth-order valence-corrected chi connectivity index (χ4v) is 4.57. The van der Waals surface area contributed by atoms with Crippen molar-refractivity contribution in [2.75, 3.05) is 14.2 Å². The first-order chi connectivity index (χ1) is 13.8. The van der Waals surface area contributed by atoms with E-state index in [0.29, 0.717) is 5.69 Å². The van der Waals surface area contributed by atoms with Crippen LogP contribution in [0.1, 0.15) is 29.8 Å². The average Bonchev–Trinajstić information content (AvgIpc) is 3.11. The lowest BCUT2D eigenvalue weighted by Gasteiger charge is -2.61. The van der Waals surface area contributed by atoms with E-state index < -0.39 is 0 Å². The smallest absolute Gasteiger partial charge is 0.299 e. The highest BCUT2D eigenvalue weighted by Gasteiger charge is 2.58. The molecule has 0 unspecified atom stereocenters. The summed E-state index contributed by atoms with van der Waals surface area (Å²) in [6.07, 6.45) is 7.08. The molecule has 9 heteroatoms. The molecular weight excluding hydrogens is 485 g/mol.